The Morgan fingerprint density at radius 1 is 0.885 bits per heavy atom. The van der Waals surface area contributed by atoms with Crippen molar-refractivity contribution in [3.8, 4) is 0 Å². The lowest BCUT2D eigenvalue weighted by Gasteiger charge is -2.20. The van der Waals surface area contributed by atoms with Crippen LogP contribution in [0.15, 0.2) is 0 Å². The third kappa shape index (κ3) is 11.5. The molecule has 10 nitrogen and oxygen atoms in total. The van der Waals surface area contributed by atoms with Crippen molar-refractivity contribution in [3.63, 3.8) is 0 Å². The van der Waals surface area contributed by atoms with E-state index in [0.717, 1.165) is 12.8 Å². The summed E-state index contributed by atoms with van der Waals surface area (Å²) in [5, 5.41) is 7.31. The lowest BCUT2D eigenvalue weighted by atomic mass is 10.1. The fourth-order valence-electron chi connectivity index (χ4n) is 2.17. The van der Waals surface area contributed by atoms with Gasteiger partial charge in [0, 0.05) is 0 Å². The Morgan fingerprint density at radius 2 is 1.50 bits per heavy atom. The summed E-state index contributed by atoms with van der Waals surface area (Å²) in [7, 11) is 0. The Labute approximate surface area is 154 Å². The van der Waals surface area contributed by atoms with Crippen LogP contribution in [0.25, 0.3) is 0 Å². The van der Waals surface area contributed by atoms with Gasteiger partial charge in [0.2, 0.25) is 24.0 Å². The second kappa shape index (κ2) is 15.2. The van der Waals surface area contributed by atoms with E-state index < -0.39 is 29.8 Å². The van der Waals surface area contributed by atoms with Crippen molar-refractivity contribution in [1.82, 2.24) is 16.0 Å². The topological polar surface area (TPSA) is 182 Å². The summed E-state index contributed by atoms with van der Waals surface area (Å²) in [4.78, 5) is 45.9. The molecule has 9 N–H and O–H groups in total. The maximum atomic E-state index is 12.3. The molecule has 0 aliphatic heterocycles. The Bertz CT molecular complexity index is 446. The van der Waals surface area contributed by atoms with E-state index in [1.54, 1.807) is 0 Å². The van der Waals surface area contributed by atoms with Gasteiger partial charge in [-0.1, -0.05) is 6.42 Å². The van der Waals surface area contributed by atoms with Gasteiger partial charge in [-0.05, 0) is 45.2 Å². The summed E-state index contributed by atoms with van der Waals surface area (Å²) in [6.07, 6.45) is 5.22. The van der Waals surface area contributed by atoms with Crippen LogP contribution in [0.4, 0.5) is 0 Å². The lowest BCUT2D eigenvalue weighted by molar-refractivity contribution is -0.131. The number of carbonyl (C=O) groups excluding carboxylic acids is 4. The van der Waals surface area contributed by atoms with E-state index in [4.69, 9.17) is 17.2 Å². The molecule has 0 aromatic carbocycles. The second-order valence-electron chi connectivity index (χ2n) is 5.88. The molecule has 0 aromatic rings. The van der Waals surface area contributed by atoms with Crippen LogP contribution in [0, 0.1) is 0 Å². The molecule has 0 aliphatic rings. The van der Waals surface area contributed by atoms with Crippen molar-refractivity contribution in [3.05, 3.63) is 0 Å². The molecule has 0 bridgehead atoms. The molecule has 3 amide bonds. The molecule has 10 heteroatoms. The number of rotatable bonds is 15. The number of carbonyl (C=O) groups is 3. The Morgan fingerprint density at radius 3 is 2.08 bits per heavy atom. The molecule has 0 heterocycles. The van der Waals surface area contributed by atoms with Gasteiger partial charge in [-0.25, -0.2) is 0 Å². The number of nitrogens with two attached hydrogens (primary N) is 3. The van der Waals surface area contributed by atoms with Crippen LogP contribution in [0.3, 0.4) is 0 Å². The van der Waals surface area contributed by atoms with E-state index in [-0.39, 0.29) is 13.1 Å². The summed E-state index contributed by atoms with van der Waals surface area (Å²) in [5.41, 5.74) is 16.7. The van der Waals surface area contributed by atoms with E-state index >= 15 is 0 Å². The highest BCUT2D eigenvalue weighted by Gasteiger charge is 2.23. The van der Waals surface area contributed by atoms with Crippen molar-refractivity contribution >= 4 is 24.0 Å². The Kier molecular flexibility index (Phi) is 14.0. The molecule has 0 spiro atoms. The molecule has 2 atom stereocenters. The van der Waals surface area contributed by atoms with Gasteiger partial charge >= 0.3 is 0 Å². The number of hydrogen-bond acceptors (Lipinski definition) is 7. The summed E-state index contributed by atoms with van der Waals surface area (Å²) >= 11 is 0. The van der Waals surface area contributed by atoms with Gasteiger partial charge in [0.25, 0.3) is 0 Å². The van der Waals surface area contributed by atoms with Crippen molar-refractivity contribution in [2.75, 3.05) is 26.2 Å². The standard InChI is InChI=1S/C16H31N6O4/c17-7-3-1-5-12(19)15(25)22-13(6-2-4-8-18)16(26)21-11-14(24)20-9-10-23/h12-13H,1-9,11,17-19H2,(H,20,24)(H,21,26)(H,22,25)/t12-,13-/m0/s1. The van der Waals surface area contributed by atoms with Gasteiger partial charge in [-0.3, -0.25) is 19.2 Å². The highest BCUT2D eigenvalue weighted by molar-refractivity contribution is 5.91. The minimum absolute atomic E-state index is 0.247. The van der Waals surface area contributed by atoms with E-state index in [0.29, 0.717) is 38.8 Å². The normalized spacial score (nSPS) is 12.7. The molecule has 0 rings (SSSR count). The van der Waals surface area contributed by atoms with E-state index in [9.17, 15) is 19.2 Å². The number of unbranched alkanes of at least 4 members (excludes halogenated alkanes) is 2. The molecular weight excluding hydrogens is 340 g/mol. The van der Waals surface area contributed by atoms with E-state index in [1.807, 2.05) is 0 Å². The van der Waals surface area contributed by atoms with Crippen LogP contribution >= 0.6 is 0 Å². The van der Waals surface area contributed by atoms with Crippen LogP contribution < -0.4 is 33.2 Å². The highest BCUT2D eigenvalue weighted by Crippen LogP contribution is 2.03. The molecule has 0 aromatic heterocycles. The first-order valence-corrected chi connectivity index (χ1v) is 8.81. The van der Waals surface area contributed by atoms with Crippen LogP contribution in [0.2, 0.25) is 0 Å². The summed E-state index contributed by atoms with van der Waals surface area (Å²) in [6.45, 7) is 0.462. The average Bonchev–Trinajstić information content (AvgIpc) is 2.63. The SMILES string of the molecule is NCCCC[C@H](NC(=O)[C@@H](N)CCCCN)C(=O)NCC(=O)NC[C]=O. The van der Waals surface area contributed by atoms with Gasteiger partial charge in [0.15, 0.2) is 0 Å². The molecule has 1 radical (unpaired) electrons. The largest absolute Gasteiger partial charge is 0.347 e. The van der Waals surface area contributed by atoms with E-state index in [2.05, 4.69) is 16.0 Å². The maximum Gasteiger partial charge on any atom is 0.243 e. The molecule has 0 fully saturated rings. The minimum Gasteiger partial charge on any atom is -0.347 e. The first-order chi connectivity index (χ1) is 12.5. The fraction of sp³-hybridized carbons (Fsp3) is 0.750. The fourth-order valence-corrected chi connectivity index (χ4v) is 2.17. The molecule has 0 saturated carbocycles. The van der Waals surface area contributed by atoms with Crippen molar-refractivity contribution in [2.24, 2.45) is 17.2 Å². The quantitative estimate of drug-likeness (QED) is 0.170. The van der Waals surface area contributed by atoms with Crippen LogP contribution in [-0.4, -0.2) is 62.3 Å². The summed E-state index contributed by atoms with van der Waals surface area (Å²) < 4.78 is 0. The van der Waals surface area contributed by atoms with Gasteiger partial charge < -0.3 is 33.2 Å². The highest BCUT2D eigenvalue weighted by atomic mass is 16.2. The smallest absolute Gasteiger partial charge is 0.243 e. The van der Waals surface area contributed by atoms with Crippen LogP contribution in [0.1, 0.15) is 38.5 Å². The molecule has 0 unspecified atom stereocenters. The third-order valence-corrected chi connectivity index (χ3v) is 3.67. The van der Waals surface area contributed by atoms with E-state index in [1.165, 1.54) is 6.29 Å². The minimum atomic E-state index is -0.806. The zero-order valence-corrected chi connectivity index (χ0v) is 15.1. The number of hydrogen-bond donors (Lipinski definition) is 6. The Hall–Kier alpha value is -2.04. The van der Waals surface area contributed by atoms with Gasteiger partial charge in [-0.15, -0.1) is 0 Å². The molecule has 0 aliphatic carbocycles. The molecular formula is C16H31N6O4. The summed E-state index contributed by atoms with van der Waals surface area (Å²) in [6, 6.07) is -1.53. The predicted molar refractivity (Wildman–Crippen MR) is 97.4 cm³/mol. The summed E-state index contributed by atoms with van der Waals surface area (Å²) in [5.74, 6) is -1.43. The predicted octanol–water partition coefficient (Wildman–Crippen LogP) is -2.60. The zero-order chi connectivity index (χ0) is 19.8. The molecule has 0 saturated heterocycles. The lowest BCUT2D eigenvalue weighted by Crippen LogP contribution is -2.52. The molecule has 149 valence electrons. The first kappa shape index (κ1) is 24.0. The van der Waals surface area contributed by atoms with Gasteiger partial charge in [-0.2, -0.15) is 0 Å². The van der Waals surface area contributed by atoms with Gasteiger partial charge in [0.05, 0.1) is 19.1 Å². The van der Waals surface area contributed by atoms with Crippen molar-refractivity contribution < 1.29 is 19.2 Å². The first-order valence-electron chi connectivity index (χ1n) is 8.81. The van der Waals surface area contributed by atoms with Crippen LogP contribution in [0.5, 0.6) is 0 Å². The second-order valence-corrected chi connectivity index (χ2v) is 5.88. The average molecular weight is 371 g/mol. The number of nitrogens with one attached hydrogen (secondary N) is 3. The maximum absolute atomic E-state index is 12.3. The molecule has 26 heavy (non-hydrogen) atoms. The number of amides is 3. The third-order valence-electron chi connectivity index (χ3n) is 3.67. The van der Waals surface area contributed by atoms with Crippen LogP contribution in [-0.2, 0) is 19.2 Å². The van der Waals surface area contributed by atoms with Crippen molar-refractivity contribution in [1.29, 1.82) is 0 Å². The zero-order valence-electron chi connectivity index (χ0n) is 15.1. The van der Waals surface area contributed by atoms with Crippen molar-refractivity contribution in [2.45, 2.75) is 50.6 Å². The van der Waals surface area contributed by atoms with Gasteiger partial charge in [0.1, 0.15) is 6.04 Å². The monoisotopic (exact) mass is 371 g/mol. The Balaban J connectivity index is 4.56.